The molecule has 144 valence electrons. The number of amides is 1. The van der Waals surface area contributed by atoms with E-state index < -0.39 is 29.9 Å². The molecule has 1 aromatic carbocycles. The van der Waals surface area contributed by atoms with Gasteiger partial charge < -0.3 is 19.8 Å². The van der Waals surface area contributed by atoms with Gasteiger partial charge in [-0.25, -0.2) is 9.59 Å². The Balaban J connectivity index is 2.15. The highest BCUT2D eigenvalue weighted by Gasteiger charge is 2.34. The maximum atomic E-state index is 12.4. The van der Waals surface area contributed by atoms with Crippen molar-refractivity contribution in [2.45, 2.75) is 32.4 Å². The Morgan fingerprint density at radius 1 is 1.11 bits per heavy atom. The lowest BCUT2D eigenvalue weighted by atomic mass is 10.0. The zero-order valence-electron chi connectivity index (χ0n) is 15.1. The Labute approximate surface area is 155 Å². The quantitative estimate of drug-likeness (QED) is 0.388. The number of nitroso groups, excluding NO2 is 1. The van der Waals surface area contributed by atoms with E-state index in [4.69, 9.17) is 9.47 Å². The van der Waals surface area contributed by atoms with Gasteiger partial charge in [0, 0.05) is 23.5 Å². The number of para-hydroxylation sites is 1. The first kappa shape index (κ1) is 20.1. The SMILES string of the molecule is CCOC(=O)C(NC(=O)C(Cc1c[nH]c2ccccc12)N=O)C(=O)OCC. The van der Waals surface area contributed by atoms with Crippen molar-refractivity contribution < 1.29 is 23.9 Å². The first-order valence-electron chi connectivity index (χ1n) is 8.52. The minimum Gasteiger partial charge on any atom is -0.464 e. The number of benzene rings is 1. The molecule has 9 heteroatoms. The molecule has 0 spiro atoms. The summed E-state index contributed by atoms with van der Waals surface area (Å²) in [6.07, 6.45) is 1.70. The fourth-order valence-corrected chi connectivity index (χ4v) is 2.59. The molecule has 2 N–H and O–H groups in total. The number of ether oxygens (including phenoxy) is 2. The molecule has 1 heterocycles. The monoisotopic (exact) mass is 375 g/mol. The van der Waals surface area contributed by atoms with Crippen LogP contribution in [0.3, 0.4) is 0 Å². The van der Waals surface area contributed by atoms with Crippen LogP contribution >= 0.6 is 0 Å². The van der Waals surface area contributed by atoms with Gasteiger partial charge in [-0.3, -0.25) is 4.79 Å². The van der Waals surface area contributed by atoms with Crippen LogP contribution in [0.5, 0.6) is 0 Å². The fourth-order valence-electron chi connectivity index (χ4n) is 2.59. The van der Waals surface area contributed by atoms with E-state index in [2.05, 4.69) is 15.5 Å². The van der Waals surface area contributed by atoms with Crippen molar-refractivity contribution in [1.29, 1.82) is 0 Å². The predicted octanol–water partition coefficient (Wildman–Crippen LogP) is 1.46. The second-order valence-corrected chi connectivity index (χ2v) is 5.63. The Morgan fingerprint density at radius 2 is 1.74 bits per heavy atom. The van der Waals surface area contributed by atoms with E-state index in [0.29, 0.717) is 5.56 Å². The first-order valence-corrected chi connectivity index (χ1v) is 8.52. The van der Waals surface area contributed by atoms with E-state index in [1.165, 1.54) is 0 Å². The molecule has 0 aliphatic carbocycles. The molecule has 0 fully saturated rings. The number of aromatic amines is 1. The minimum atomic E-state index is -1.65. The van der Waals surface area contributed by atoms with E-state index in [-0.39, 0.29) is 19.6 Å². The van der Waals surface area contributed by atoms with Crippen molar-refractivity contribution >= 4 is 28.7 Å². The standard InChI is InChI=1S/C18H21N3O6/c1-3-26-17(23)15(18(24)27-4-2)20-16(22)14(21-25)9-11-10-19-13-8-6-5-7-12(11)13/h5-8,10,14-15,19H,3-4,9H2,1-2H3,(H,20,22). The Kier molecular flexibility index (Phi) is 7.04. The number of fused-ring (bicyclic) bond motifs is 1. The number of nitrogens with one attached hydrogen (secondary N) is 2. The van der Waals surface area contributed by atoms with Crippen molar-refractivity contribution in [2.24, 2.45) is 5.18 Å². The van der Waals surface area contributed by atoms with Crippen molar-refractivity contribution in [3.63, 3.8) is 0 Å². The number of H-pyrrole nitrogens is 1. The van der Waals surface area contributed by atoms with Crippen LogP contribution in [0.25, 0.3) is 10.9 Å². The summed E-state index contributed by atoms with van der Waals surface area (Å²) in [6, 6.07) is 4.43. The average Bonchev–Trinajstić information content (AvgIpc) is 3.07. The third kappa shape index (κ3) is 4.90. The zero-order valence-corrected chi connectivity index (χ0v) is 15.1. The van der Waals surface area contributed by atoms with Crippen LogP contribution in [0.4, 0.5) is 0 Å². The molecule has 2 aromatic rings. The topological polar surface area (TPSA) is 127 Å². The van der Waals surface area contributed by atoms with Crippen LogP contribution in [0.15, 0.2) is 35.6 Å². The molecule has 0 saturated carbocycles. The summed E-state index contributed by atoms with van der Waals surface area (Å²) in [7, 11) is 0. The number of aromatic nitrogens is 1. The summed E-state index contributed by atoms with van der Waals surface area (Å²) >= 11 is 0. The maximum Gasteiger partial charge on any atom is 0.340 e. The second kappa shape index (κ2) is 9.46. The van der Waals surface area contributed by atoms with Gasteiger partial charge in [0.15, 0.2) is 6.04 Å². The van der Waals surface area contributed by atoms with Crippen LogP contribution < -0.4 is 5.32 Å². The molecule has 0 aliphatic rings. The van der Waals surface area contributed by atoms with E-state index in [1.54, 1.807) is 20.0 Å². The average molecular weight is 375 g/mol. The summed E-state index contributed by atoms with van der Waals surface area (Å²) < 4.78 is 9.56. The second-order valence-electron chi connectivity index (χ2n) is 5.63. The number of esters is 2. The molecule has 1 unspecified atom stereocenters. The normalized spacial score (nSPS) is 11.8. The molecule has 2 rings (SSSR count). The predicted molar refractivity (Wildman–Crippen MR) is 96.8 cm³/mol. The van der Waals surface area contributed by atoms with Gasteiger partial charge in [-0.1, -0.05) is 23.4 Å². The van der Waals surface area contributed by atoms with Crippen molar-refractivity contribution in [3.8, 4) is 0 Å². The minimum absolute atomic E-state index is 0.0116. The van der Waals surface area contributed by atoms with Gasteiger partial charge >= 0.3 is 11.9 Å². The third-order valence-corrected chi connectivity index (χ3v) is 3.85. The lowest BCUT2D eigenvalue weighted by Crippen LogP contribution is -2.51. The number of rotatable bonds is 9. The Hall–Kier alpha value is -3.23. The molecule has 9 nitrogen and oxygen atoms in total. The number of hydrogen-bond acceptors (Lipinski definition) is 7. The third-order valence-electron chi connectivity index (χ3n) is 3.85. The van der Waals surface area contributed by atoms with E-state index in [9.17, 15) is 19.3 Å². The van der Waals surface area contributed by atoms with Crippen LogP contribution in [0, 0.1) is 4.91 Å². The molecule has 1 atom stereocenters. The summed E-state index contributed by atoms with van der Waals surface area (Å²) in [6.45, 7) is 3.17. The summed E-state index contributed by atoms with van der Waals surface area (Å²) in [5.74, 6) is -2.77. The Bertz CT molecular complexity index is 813. The van der Waals surface area contributed by atoms with Crippen LogP contribution in [-0.4, -0.2) is 48.1 Å². The Morgan fingerprint density at radius 3 is 2.33 bits per heavy atom. The van der Waals surface area contributed by atoms with E-state index in [0.717, 1.165) is 10.9 Å². The largest absolute Gasteiger partial charge is 0.464 e. The molecule has 0 radical (unpaired) electrons. The highest BCUT2D eigenvalue weighted by atomic mass is 16.6. The fraction of sp³-hybridized carbons (Fsp3) is 0.389. The number of hydrogen-bond donors (Lipinski definition) is 2. The number of nitrogens with zero attached hydrogens (tertiary/aromatic N) is 1. The van der Waals surface area contributed by atoms with Gasteiger partial charge in [-0.2, -0.15) is 0 Å². The lowest BCUT2D eigenvalue weighted by molar-refractivity contribution is -0.159. The van der Waals surface area contributed by atoms with Gasteiger partial charge in [0.1, 0.15) is 0 Å². The number of carbonyl (C=O) groups is 3. The van der Waals surface area contributed by atoms with Gasteiger partial charge in [0.25, 0.3) is 0 Å². The van der Waals surface area contributed by atoms with E-state index >= 15 is 0 Å². The van der Waals surface area contributed by atoms with Crippen molar-refractivity contribution in [3.05, 3.63) is 40.9 Å². The van der Waals surface area contributed by atoms with Crippen LogP contribution in [0.1, 0.15) is 19.4 Å². The van der Waals surface area contributed by atoms with Crippen molar-refractivity contribution in [1.82, 2.24) is 10.3 Å². The number of carbonyl (C=O) groups excluding carboxylic acids is 3. The summed E-state index contributed by atoms with van der Waals surface area (Å²) in [5, 5.41) is 5.91. The molecular formula is C18H21N3O6. The molecular weight excluding hydrogens is 354 g/mol. The maximum absolute atomic E-state index is 12.4. The van der Waals surface area contributed by atoms with Gasteiger partial charge in [0.2, 0.25) is 11.9 Å². The molecule has 27 heavy (non-hydrogen) atoms. The first-order chi connectivity index (χ1) is 13.0. The van der Waals surface area contributed by atoms with E-state index in [1.807, 2.05) is 24.3 Å². The van der Waals surface area contributed by atoms with Crippen LogP contribution in [0.2, 0.25) is 0 Å². The molecule has 1 amide bonds. The summed E-state index contributed by atoms with van der Waals surface area (Å²) in [5.41, 5.74) is 1.57. The van der Waals surface area contributed by atoms with Gasteiger partial charge in [-0.15, -0.1) is 4.91 Å². The van der Waals surface area contributed by atoms with Gasteiger partial charge in [0.05, 0.1) is 13.2 Å². The summed E-state index contributed by atoms with van der Waals surface area (Å²) in [4.78, 5) is 50.6. The lowest BCUT2D eigenvalue weighted by Gasteiger charge is -2.17. The molecule has 0 aliphatic heterocycles. The van der Waals surface area contributed by atoms with Crippen molar-refractivity contribution in [2.75, 3.05) is 13.2 Å². The smallest absolute Gasteiger partial charge is 0.340 e. The van der Waals surface area contributed by atoms with Crippen LogP contribution in [-0.2, 0) is 30.3 Å². The van der Waals surface area contributed by atoms with Gasteiger partial charge in [-0.05, 0) is 25.5 Å². The molecule has 0 saturated heterocycles. The highest BCUT2D eigenvalue weighted by Crippen LogP contribution is 2.20. The molecule has 1 aromatic heterocycles. The highest BCUT2D eigenvalue weighted by molar-refractivity contribution is 6.03. The molecule has 0 bridgehead atoms. The zero-order chi connectivity index (χ0) is 19.8.